The van der Waals surface area contributed by atoms with Crippen molar-refractivity contribution in [1.29, 1.82) is 0 Å². The van der Waals surface area contributed by atoms with Gasteiger partial charge in [-0.2, -0.15) is 0 Å². The molecule has 0 aliphatic heterocycles. The minimum atomic E-state index is -1.02. The van der Waals surface area contributed by atoms with Gasteiger partial charge in [-0.1, -0.05) is 0 Å². The van der Waals surface area contributed by atoms with Gasteiger partial charge >= 0.3 is 339 Å². The zero-order chi connectivity index (χ0) is 36.9. The van der Waals surface area contributed by atoms with Gasteiger partial charge in [-0.25, -0.2) is 0 Å². The second kappa shape index (κ2) is 53.7. The maximum Gasteiger partial charge on any atom is -2.00 e. The van der Waals surface area contributed by atoms with Gasteiger partial charge < -0.3 is 5.48 Å². The summed E-state index contributed by atoms with van der Waals surface area (Å²) in [5.41, 5.74) is 0. The van der Waals surface area contributed by atoms with Crippen molar-refractivity contribution < 1.29 is 5.48 Å². The first-order valence-electron chi connectivity index (χ1n) is 24.4. The number of unbranched alkanes of at least 4 members (excludes halogenated alkanes) is 30. The molecule has 0 saturated carbocycles. The van der Waals surface area contributed by atoms with Gasteiger partial charge in [0.05, 0.1) is 0 Å². The Kier molecular flexibility index (Phi) is 59.9. The van der Waals surface area contributed by atoms with Gasteiger partial charge in [0, 0.05) is 0 Å². The average Bonchev–Trinajstić information content (AvgIpc) is 3.13. The van der Waals surface area contributed by atoms with Gasteiger partial charge in [0.2, 0.25) is 0 Å². The zero-order valence-corrected chi connectivity index (χ0v) is 42.8. The second-order valence-electron chi connectivity index (χ2n) is 16.6. The van der Waals surface area contributed by atoms with Gasteiger partial charge in [-0.05, 0) is 0 Å². The third-order valence-electron chi connectivity index (χ3n) is 11.3. The molecule has 0 heterocycles. The van der Waals surface area contributed by atoms with E-state index in [9.17, 15) is 0 Å². The molecule has 0 aliphatic rings. The molecule has 0 saturated heterocycles. The second-order valence-corrected chi connectivity index (χ2v) is 33.7. The Morgan fingerprint density at radius 1 is 0.176 bits per heavy atom. The molecule has 51 heavy (non-hydrogen) atoms. The molecule has 1 nitrogen and oxygen atoms in total. The molecule has 0 atom stereocenters. The van der Waals surface area contributed by atoms with Gasteiger partial charge in [0.25, 0.3) is 0 Å². The normalized spacial score (nSPS) is 10.9. The van der Waals surface area contributed by atoms with Crippen LogP contribution in [0.2, 0.25) is 26.6 Å². The molecule has 0 aromatic heterocycles. The molecule has 0 aromatic rings. The van der Waals surface area contributed by atoms with E-state index in [1.807, 2.05) is 0 Å². The molecule has 0 N–H and O–H groups in total. The Labute approximate surface area is 341 Å². The van der Waals surface area contributed by atoms with Crippen molar-refractivity contribution in [3.8, 4) is 0 Å². The minimum Gasteiger partial charge on any atom is -2.00 e. The molecule has 0 amide bonds. The first-order valence-corrected chi connectivity index (χ1v) is 36.5. The van der Waals surface area contributed by atoms with E-state index in [4.69, 9.17) is 0 Å². The van der Waals surface area contributed by atoms with Crippen LogP contribution < -0.4 is 0 Å². The van der Waals surface area contributed by atoms with Crippen molar-refractivity contribution in [3.05, 3.63) is 0 Å². The van der Waals surface area contributed by atoms with Crippen LogP contribution in [0.3, 0.4) is 0 Å². The Morgan fingerprint density at radius 2 is 0.294 bits per heavy atom. The van der Waals surface area contributed by atoms with Crippen LogP contribution in [-0.2, 0) is 5.48 Å². The molecule has 0 unspecified atom stereocenters. The third kappa shape index (κ3) is 51.6. The summed E-state index contributed by atoms with van der Waals surface area (Å²) in [5, 5.41) is 0. The molecule has 0 fully saturated rings. The molecular formula is C48H102OSn2. The molecule has 0 bridgehead atoms. The molecule has 0 aliphatic carbocycles. The largest absolute Gasteiger partial charge is 2.00 e. The van der Waals surface area contributed by atoms with E-state index in [1.54, 1.807) is 65.1 Å². The van der Waals surface area contributed by atoms with Crippen LogP contribution in [-0.4, -0.2) is 39.5 Å². The summed E-state index contributed by atoms with van der Waals surface area (Å²) in [4.78, 5) is 0. The summed E-state index contributed by atoms with van der Waals surface area (Å²) < 4.78 is 10.3. The summed E-state index contributed by atoms with van der Waals surface area (Å²) in [5.74, 6) is 0. The first kappa shape index (κ1) is 56.9. The third-order valence-corrected chi connectivity index (χ3v) is 29.5. The molecule has 308 valence electrons. The van der Waals surface area contributed by atoms with Gasteiger partial charge in [0.1, 0.15) is 0 Å². The fourth-order valence-corrected chi connectivity index (χ4v) is 24.8. The van der Waals surface area contributed by atoms with E-state index in [0.717, 1.165) is 0 Å². The number of hydrogen-bond donors (Lipinski definition) is 0. The zero-order valence-electron chi connectivity index (χ0n) is 37.1. The fraction of sp³-hybridized carbons (Fsp3) is 1.00. The minimum absolute atomic E-state index is 0. The van der Waals surface area contributed by atoms with E-state index >= 15 is 0 Å². The van der Waals surface area contributed by atoms with Crippen molar-refractivity contribution in [2.45, 2.75) is 299 Å². The van der Waals surface area contributed by atoms with Crippen molar-refractivity contribution in [1.82, 2.24) is 0 Å². The van der Waals surface area contributed by atoms with Gasteiger partial charge in [0.15, 0.2) is 0 Å². The van der Waals surface area contributed by atoms with E-state index < -0.39 is 39.5 Å². The molecule has 0 spiro atoms. The molecule has 0 rings (SSSR count). The summed E-state index contributed by atoms with van der Waals surface area (Å²) in [7, 11) is 0. The molecule has 0 radical (unpaired) electrons. The van der Waals surface area contributed by atoms with Crippen LogP contribution >= 0.6 is 0 Å². The summed E-state index contributed by atoms with van der Waals surface area (Å²) in [6, 6.07) is 0. The maximum atomic E-state index is 2.33. The van der Waals surface area contributed by atoms with Crippen molar-refractivity contribution in [2.24, 2.45) is 0 Å². The van der Waals surface area contributed by atoms with Crippen molar-refractivity contribution in [2.75, 3.05) is 0 Å². The quantitative estimate of drug-likeness (QED) is 0.0431. The van der Waals surface area contributed by atoms with Crippen LogP contribution in [0.15, 0.2) is 0 Å². The van der Waals surface area contributed by atoms with Gasteiger partial charge in [-0.3, -0.25) is 0 Å². The van der Waals surface area contributed by atoms with Gasteiger partial charge in [-0.15, -0.1) is 0 Å². The topological polar surface area (TPSA) is 28.5 Å². The van der Waals surface area contributed by atoms with Crippen LogP contribution in [0.25, 0.3) is 0 Å². The van der Waals surface area contributed by atoms with E-state index in [2.05, 4.69) is 41.5 Å². The summed E-state index contributed by atoms with van der Waals surface area (Å²) in [6.45, 7) is 14.0. The Hall–Kier alpha value is 1.56. The average molecular weight is 933 g/mol. The van der Waals surface area contributed by atoms with Crippen LogP contribution in [0.1, 0.15) is 273 Å². The van der Waals surface area contributed by atoms with Crippen LogP contribution in [0.5, 0.6) is 0 Å². The standard InChI is InChI=1S/6C8H17.O.2Sn/c6*1-3-5-7-8-6-4-2;;;/h6*1,3-8H2,2H3;;;/q;;;;;;-2;2*+1. The Bertz CT molecular complexity index is 431. The Balaban J connectivity index is -0.000000886. The van der Waals surface area contributed by atoms with Crippen LogP contribution in [0.4, 0.5) is 0 Å². The maximum absolute atomic E-state index is 2.33. The predicted molar refractivity (Wildman–Crippen MR) is 241 cm³/mol. The Morgan fingerprint density at radius 3 is 0.431 bits per heavy atom. The van der Waals surface area contributed by atoms with Crippen molar-refractivity contribution in [3.63, 3.8) is 0 Å². The van der Waals surface area contributed by atoms with E-state index in [0.29, 0.717) is 0 Å². The summed E-state index contributed by atoms with van der Waals surface area (Å²) >= 11 is -2.03. The van der Waals surface area contributed by atoms with Crippen molar-refractivity contribution >= 4 is 39.5 Å². The summed E-state index contributed by atoms with van der Waals surface area (Å²) in [6.07, 6.45) is 53.8. The monoisotopic (exact) mass is 935 g/mol. The number of rotatable bonds is 42. The predicted octanol–water partition coefficient (Wildman–Crippen LogP) is 19.0. The smallest absolute Gasteiger partial charge is 2.00 e. The van der Waals surface area contributed by atoms with E-state index in [-0.39, 0.29) is 5.48 Å². The fourth-order valence-electron chi connectivity index (χ4n) is 7.68. The number of hydrogen-bond acceptors (Lipinski definition) is 0. The first-order chi connectivity index (χ1) is 24.7. The molecule has 3 heteroatoms. The SMILES string of the molecule is CCCCCCC[CH2][Sn+]([CH2]CCCCCCC)[CH2]CCCCCCC.CCCCCCC[CH2][Sn+]([CH2]CCCCCCC)[CH2]CCCCCCC.[O-2]. The molecule has 0 aromatic carbocycles. The van der Waals surface area contributed by atoms with Crippen LogP contribution in [0, 0.1) is 0 Å². The molecular weight excluding hydrogens is 830 g/mol. The van der Waals surface area contributed by atoms with E-state index in [1.165, 1.54) is 193 Å².